The highest BCUT2D eigenvalue weighted by Crippen LogP contribution is 2.32. The van der Waals surface area contributed by atoms with Crippen molar-refractivity contribution < 1.29 is 82.4 Å². The molecule has 51 heavy (non-hydrogen) atoms. The van der Waals surface area contributed by atoms with Crippen molar-refractivity contribution in [1.29, 1.82) is 0 Å². The molecule has 2 rings (SSSR count). The Hall–Kier alpha value is -0.680. The largest absolute Gasteiger partial charge is 0.394 e. The molecule has 0 aliphatic carbocycles. The highest BCUT2D eigenvalue weighted by atomic mass is 16.7. The Labute approximate surface area is 305 Å². The van der Waals surface area contributed by atoms with Crippen molar-refractivity contribution in [3.63, 3.8) is 0 Å². The van der Waals surface area contributed by atoms with Crippen molar-refractivity contribution in [2.75, 3.05) is 83.3 Å². The highest BCUT2D eigenvalue weighted by Gasteiger charge is 2.41. The van der Waals surface area contributed by atoms with Crippen LogP contribution in [0.15, 0.2) is 0 Å². The minimum absolute atomic E-state index is 0.0323. The molecule has 2 saturated heterocycles. The minimum Gasteiger partial charge on any atom is -0.394 e. The minimum atomic E-state index is -0.697. The van der Waals surface area contributed by atoms with Crippen LogP contribution in [0.3, 0.4) is 0 Å². The molecule has 15 atom stereocenters. The number of hydrogen-bond acceptors (Lipinski definition) is 17. The van der Waals surface area contributed by atoms with E-state index in [9.17, 15) is 5.11 Å². The second-order valence-corrected chi connectivity index (χ2v) is 12.1. The molecule has 310 valence electrons. The fraction of sp³-hybridized carbons (Fsp3) is 1.00. The molecule has 2 fully saturated rings. The Morgan fingerprint density at radius 2 is 1.00 bits per heavy atom. The van der Waals surface area contributed by atoms with E-state index in [4.69, 9.17) is 77.3 Å². The Balaban J connectivity index is 0. The second-order valence-electron chi connectivity index (χ2n) is 12.1. The van der Waals surface area contributed by atoms with Crippen LogP contribution >= 0.6 is 0 Å². The molecule has 15 unspecified atom stereocenters. The topological polar surface area (TPSA) is 212 Å². The lowest BCUT2D eigenvalue weighted by Gasteiger charge is -2.42. The third kappa shape index (κ3) is 19.5. The van der Waals surface area contributed by atoms with E-state index in [2.05, 4.69) is 13.8 Å². The average molecular weight is 753 g/mol. The molecule has 0 aromatic rings. The first-order chi connectivity index (χ1) is 24.2. The van der Waals surface area contributed by atoms with Gasteiger partial charge in [-0.05, 0) is 33.6 Å². The number of hydrogen-bond donors (Lipinski definition) is 5. The van der Waals surface area contributed by atoms with Gasteiger partial charge in [0, 0.05) is 69.2 Å². The lowest BCUT2D eigenvalue weighted by Crippen LogP contribution is -2.52. The number of ether oxygens (including phenoxy) is 12. The molecule has 0 aromatic carbocycles. The number of aliphatic hydroxyl groups excluding tert-OH is 5. The lowest BCUT2D eigenvalue weighted by atomic mass is 9.85. The van der Waals surface area contributed by atoms with E-state index in [1.54, 1.807) is 56.5 Å². The van der Waals surface area contributed by atoms with Crippen LogP contribution in [0, 0.1) is 11.8 Å². The molecular formula is C34H72O17. The zero-order valence-corrected chi connectivity index (χ0v) is 33.3. The fourth-order valence-corrected chi connectivity index (χ4v) is 5.03. The van der Waals surface area contributed by atoms with Crippen molar-refractivity contribution in [3.05, 3.63) is 0 Å². The lowest BCUT2D eigenvalue weighted by molar-refractivity contribution is -0.265. The summed E-state index contributed by atoms with van der Waals surface area (Å²) in [5.74, 6) is 0.587. The summed E-state index contributed by atoms with van der Waals surface area (Å²) < 4.78 is 61.7. The summed E-state index contributed by atoms with van der Waals surface area (Å²) in [5.41, 5.74) is 0. The first-order valence-corrected chi connectivity index (χ1v) is 17.1. The van der Waals surface area contributed by atoms with Gasteiger partial charge in [-0.25, -0.2) is 0 Å². The summed E-state index contributed by atoms with van der Waals surface area (Å²) in [4.78, 5) is 0. The Morgan fingerprint density at radius 3 is 1.31 bits per heavy atom. The van der Waals surface area contributed by atoms with Gasteiger partial charge < -0.3 is 82.4 Å². The molecule has 5 N–H and O–H groups in total. The van der Waals surface area contributed by atoms with Crippen molar-refractivity contribution in [2.24, 2.45) is 11.8 Å². The first kappa shape index (κ1) is 52.4. The molecule has 0 radical (unpaired) electrons. The van der Waals surface area contributed by atoms with Crippen LogP contribution in [0.1, 0.15) is 48.0 Å². The van der Waals surface area contributed by atoms with E-state index in [1.165, 1.54) is 14.2 Å². The zero-order chi connectivity index (χ0) is 39.7. The SMILES string of the molecule is COC(C)OC(CO)C(C)OC.COC(C)OC(CO)C(C)OC.COC1CC(O)C(OC)OC1CO.COC1OC(CO)C(OC)C(C)C1C. The monoisotopic (exact) mass is 752 g/mol. The molecule has 0 saturated carbocycles. The molecule has 2 heterocycles. The van der Waals surface area contributed by atoms with Crippen LogP contribution in [-0.2, 0) is 56.8 Å². The summed E-state index contributed by atoms with van der Waals surface area (Å²) in [5, 5.41) is 45.4. The predicted octanol–water partition coefficient (Wildman–Crippen LogP) is 0.536. The predicted molar refractivity (Wildman–Crippen MR) is 186 cm³/mol. The molecule has 2 aliphatic heterocycles. The highest BCUT2D eigenvalue weighted by molar-refractivity contribution is 4.85. The standard InChI is InChI=1S/C10H20O4.C8H16O5.2C8H18O4/c1-6-7(2)10(13-4)14-8(5-11)9(6)12-3;1-11-6-3-5(10)8(12-2)13-7(6)4-9;2*1-6(10-3)8(5-9)12-7(2)11-4/h6-11H,5H2,1-4H3;5-10H,3-4H2,1-2H3;2*6-9H,5H2,1-4H3. The van der Waals surface area contributed by atoms with Crippen LogP contribution in [-0.4, -0.2) is 189 Å². The third-order valence-electron chi connectivity index (χ3n) is 8.91. The number of methoxy groups -OCH3 is 8. The van der Waals surface area contributed by atoms with Gasteiger partial charge in [0.25, 0.3) is 0 Å². The summed E-state index contributed by atoms with van der Waals surface area (Å²) in [6, 6.07) is 0. The maximum Gasteiger partial charge on any atom is 0.183 e. The third-order valence-corrected chi connectivity index (χ3v) is 8.91. The van der Waals surface area contributed by atoms with E-state index in [-0.39, 0.29) is 93.9 Å². The molecular weight excluding hydrogens is 680 g/mol. The Bertz CT molecular complexity index is 757. The number of aliphatic hydroxyl groups is 5. The van der Waals surface area contributed by atoms with Crippen molar-refractivity contribution in [1.82, 2.24) is 0 Å². The van der Waals surface area contributed by atoms with Gasteiger partial charge in [0.2, 0.25) is 0 Å². The van der Waals surface area contributed by atoms with E-state index >= 15 is 0 Å². The van der Waals surface area contributed by atoms with Gasteiger partial charge in [0.15, 0.2) is 25.2 Å². The molecule has 2 aliphatic rings. The van der Waals surface area contributed by atoms with Gasteiger partial charge in [-0.3, -0.25) is 0 Å². The first-order valence-electron chi connectivity index (χ1n) is 17.1. The van der Waals surface area contributed by atoms with Gasteiger partial charge in [-0.15, -0.1) is 0 Å². The molecule has 0 amide bonds. The van der Waals surface area contributed by atoms with E-state index in [1.807, 2.05) is 13.8 Å². The van der Waals surface area contributed by atoms with Gasteiger partial charge in [0.1, 0.15) is 30.5 Å². The van der Waals surface area contributed by atoms with Crippen LogP contribution in [0.25, 0.3) is 0 Å². The van der Waals surface area contributed by atoms with Crippen molar-refractivity contribution in [2.45, 2.75) is 128 Å². The van der Waals surface area contributed by atoms with Crippen LogP contribution in [0.4, 0.5) is 0 Å². The van der Waals surface area contributed by atoms with Crippen molar-refractivity contribution >= 4 is 0 Å². The maximum absolute atomic E-state index is 9.47. The van der Waals surface area contributed by atoms with E-state index in [0.29, 0.717) is 12.3 Å². The Kier molecular flexibility index (Phi) is 31.5. The quantitative estimate of drug-likeness (QED) is 0.121. The van der Waals surface area contributed by atoms with Crippen molar-refractivity contribution in [3.8, 4) is 0 Å². The van der Waals surface area contributed by atoms with Crippen LogP contribution in [0.2, 0.25) is 0 Å². The normalized spacial score (nSPS) is 31.2. The summed E-state index contributed by atoms with van der Waals surface area (Å²) in [6.45, 7) is 11.1. The molecule has 0 bridgehead atoms. The maximum atomic E-state index is 9.47. The van der Waals surface area contributed by atoms with Gasteiger partial charge in [-0.1, -0.05) is 13.8 Å². The Morgan fingerprint density at radius 1 is 0.569 bits per heavy atom. The summed E-state index contributed by atoms with van der Waals surface area (Å²) in [6.07, 6.45) is -3.77. The fourth-order valence-electron chi connectivity index (χ4n) is 5.03. The summed E-state index contributed by atoms with van der Waals surface area (Å²) in [7, 11) is 12.5. The molecule has 17 heteroatoms. The number of rotatable bonds is 18. The molecule has 17 nitrogen and oxygen atoms in total. The van der Waals surface area contributed by atoms with Gasteiger partial charge >= 0.3 is 0 Å². The molecule has 0 aromatic heterocycles. The van der Waals surface area contributed by atoms with E-state index < -0.39 is 18.5 Å². The summed E-state index contributed by atoms with van der Waals surface area (Å²) >= 11 is 0. The van der Waals surface area contributed by atoms with Gasteiger partial charge in [-0.2, -0.15) is 0 Å². The van der Waals surface area contributed by atoms with Crippen LogP contribution < -0.4 is 0 Å². The smallest absolute Gasteiger partial charge is 0.183 e. The van der Waals surface area contributed by atoms with E-state index in [0.717, 1.165) is 0 Å². The average Bonchev–Trinajstić information content (AvgIpc) is 3.16. The molecule has 0 spiro atoms. The van der Waals surface area contributed by atoms with Crippen LogP contribution in [0.5, 0.6) is 0 Å². The second kappa shape index (κ2) is 30.6. The van der Waals surface area contributed by atoms with Gasteiger partial charge in [0.05, 0.1) is 50.8 Å². The zero-order valence-electron chi connectivity index (χ0n) is 33.3.